The molecule has 6 nitrogen and oxygen atoms in total. The van der Waals surface area contributed by atoms with Crippen molar-refractivity contribution in [3.05, 3.63) is 12.4 Å². The van der Waals surface area contributed by atoms with Gasteiger partial charge in [0, 0.05) is 18.9 Å². The van der Waals surface area contributed by atoms with E-state index in [2.05, 4.69) is 9.72 Å². The smallest absolute Gasteiger partial charge is 0.322 e. The molecule has 1 aromatic heterocycles. The number of carbonyl (C=O) groups excluding carboxylic acids is 1. The van der Waals surface area contributed by atoms with Gasteiger partial charge in [0.1, 0.15) is 6.04 Å². The molecule has 1 heterocycles. The minimum absolute atomic E-state index is 0.381. The van der Waals surface area contributed by atoms with Crippen LogP contribution in [0.5, 0.6) is 0 Å². The predicted octanol–water partition coefficient (Wildman–Crippen LogP) is -0.254. The van der Waals surface area contributed by atoms with Gasteiger partial charge < -0.3 is 20.8 Å². The number of nitrogens with zero attached hydrogens (tertiary/aromatic N) is 2. The number of hydrogen-bond donors (Lipinski definition) is 2. The molecule has 0 aliphatic rings. The van der Waals surface area contributed by atoms with Crippen molar-refractivity contribution in [2.45, 2.75) is 25.4 Å². The zero-order valence-corrected chi connectivity index (χ0v) is 8.72. The lowest BCUT2D eigenvalue weighted by Gasteiger charge is -2.09. The summed E-state index contributed by atoms with van der Waals surface area (Å²) in [7, 11) is 1.33. The zero-order valence-electron chi connectivity index (χ0n) is 8.72. The number of aromatic nitrogens is 2. The number of carbonyl (C=O) groups is 1. The molecule has 0 aliphatic heterocycles. The van der Waals surface area contributed by atoms with Gasteiger partial charge in [0.15, 0.2) is 5.95 Å². The van der Waals surface area contributed by atoms with Gasteiger partial charge in [-0.1, -0.05) is 0 Å². The van der Waals surface area contributed by atoms with Gasteiger partial charge in [-0.3, -0.25) is 4.79 Å². The molecule has 0 spiro atoms. The first-order chi connectivity index (χ1) is 7.15. The number of aryl methyl sites for hydroxylation is 1. The second-order valence-electron chi connectivity index (χ2n) is 3.25. The molecule has 0 aliphatic carbocycles. The van der Waals surface area contributed by atoms with E-state index in [0.717, 1.165) is 6.42 Å². The maximum Gasteiger partial charge on any atom is 0.322 e. The highest BCUT2D eigenvalue weighted by molar-refractivity contribution is 5.75. The van der Waals surface area contributed by atoms with Crippen LogP contribution in [0.15, 0.2) is 12.4 Å². The summed E-state index contributed by atoms with van der Waals surface area (Å²) < 4.78 is 6.33. The van der Waals surface area contributed by atoms with Crippen molar-refractivity contribution < 1.29 is 9.53 Å². The fraction of sp³-hybridized carbons (Fsp3) is 0.556. The normalized spacial score (nSPS) is 12.4. The molecular weight excluding hydrogens is 196 g/mol. The van der Waals surface area contributed by atoms with E-state index in [4.69, 9.17) is 11.5 Å². The number of rotatable bonds is 5. The highest BCUT2D eigenvalue weighted by Crippen LogP contribution is 2.04. The summed E-state index contributed by atoms with van der Waals surface area (Å²) in [6, 6.07) is -0.556. The van der Waals surface area contributed by atoms with Crippen molar-refractivity contribution in [1.82, 2.24) is 9.55 Å². The maximum absolute atomic E-state index is 11.0. The van der Waals surface area contributed by atoms with E-state index in [9.17, 15) is 4.79 Å². The molecule has 84 valence electrons. The third kappa shape index (κ3) is 3.25. The Kier molecular flexibility index (Phi) is 4.11. The van der Waals surface area contributed by atoms with E-state index in [1.807, 2.05) is 4.57 Å². The number of anilines is 1. The van der Waals surface area contributed by atoms with Crippen LogP contribution in [0.1, 0.15) is 12.8 Å². The van der Waals surface area contributed by atoms with Crippen LogP contribution in [0.3, 0.4) is 0 Å². The Morgan fingerprint density at radius 2 is 2.47 bits per heavy atom. The highest BCUT2D eigenvalue weighted by atomic mass is 16.5. The van der Waals surface area contributed by atoms with Crippen LogP contribution in [-0.4, -0.2) is 28.7 Å². The summed E-state index contributed by atoms with van der Waals surface area (Å²) in [5.41, 5.74) is 11.1. The summed E-state index contributed by atoms with van der Waals surface area (Å²) in [5.74, 6) is 0.0928. The van der Waals surface area contributed by atoms with E-state index in [-0.39, 0.29) is 5.97 Å². The molecule has 1 rings (SSSR count). The largest absolute Gasteiger partial charge is 0.468 e. The Bertz CT molecular complexity index is 324. The topological polar surface area (TPSA) is 96.2 Å². The van der Waals surface area contributed by atoms with E-state index in [0.29, 0.717) is 18.9 Å². The molecular formula is C9H16N4O2. The molecule has 0 fully saturated rings. The van der Waals surface area contributed by atoms with Gasteiger partial charge in [0.2, 0.25) is 0 Å². The van der Waals surface area contributed by atoms with Gasteiger partial charge in [0.25, 0.3) is 0 Å². The number of ether oxygens (including phenoxy) is 1. The number of esters is 1. The first-order valence-electron chi connectivity index (χ1n) is 4.75. The summed E-state index contributed by atoms with van der Waals surface area (Å²) in [4.78, 5) is 14.9. The summed E-state index contributed by atoms with van der Waals surface area (Å²) in [5, 5.41) is 0. The number of methoxy groups -OCH3 is 1. The van der Waals surface area contributed by atoms with Gasteiger partial charge in [-0.2, -0.15) is 0 Å². The molecule has 4 N–H and O–H groups in total. The Morgan fingerprint density at radius 3 is 3.00 bits per heavy atom. The highest BCUT2D eigenvalue weighted by Gasteiger charge is 2.12. The fourth-order valence-electron chi connectivity index (χ4n) is 1.28. The summed E-state index contributed by atoms with van der Waals surface area (Å²) >= 11 is 0. The fourth-order valence-corrected chi connectivity index (χ4v) is 1.28. The van der Waals surface area contributed by atoms with E-state index in [1.54, 1.807) is 12.4 Å². The molecule has 0 radical (unpaired) electrons. The Morgan fingerprint density at radius 1 is 1.73 bits per heavy atom. The molecule has 1 unspecified atom stereocenters. The quantitative estimate of drug-likeness (QED) is 0.656. The predicted molar refractivity (Wildman–Crippen MR) is 55.9 cm³/mol. The average Bonchev–Trinajstić information content (AvgIpc) is 2.63. The molecule has 0 saturated heterocycles. The van der Waals surface area contributed by atoms with Gasteiger partial charge in [-0.25, -0.2) is 4.98 Å². The number of hydrogen-bond acceptors (Lipinski definition) is 5. The van der Waals surface area contributed by atoms with Gasteiger partial charge >= 0.3 is 5.97 Å². The lowest BCUT2D eigenvalue weighted by atomic mass is 10.2. The van der Waals surface area contributed by atoms with Gasteiger partial charge in [-0.15, -0.1) is 0 Å². The Balaban J connectivity index is 2.28. The van der Waals surface area contributed by atoms with Crippen LogP contribution in [0.25, 0.3) is 0 Å². The Labute approximate surface area is 88.2 Å². The van der Waals surface area contributed by atoms with Crippen molar-refractivity contribution >= 4 is 11.9 Å². The van der Waals surface area contributed by atoms with Crippen molar-refractivity contribution in [3.8, 4) is 0 Å². The summed E-state index contributed by atoms with van der Waals surface area (Å²) in [6.45, 7) is 0.705. The van der Waals surface area contributed by atoms with Crippen molar-refractivity contribution in [3.63, 3.8) is 0 Å². The third-order valence-electron chi connectivity index (χ3n) is 2.17. The Hall–Kier alpha value is -1.56. The molecule has 15 heavy (non-hydrogen) atoms. The van der Waals surface area contributed by atoms with E-state index < -0.39 is 6.04 Å². The minimum atomic E-state index is -0.556. The molecule has 1 aromatic rings. The first kappa shape index (κ1) is 11.5. The molecule has 0 aromatic carbocycles. The third-order valence-corrected chi connectivity index (χ3v) is 2.17. The molecule has 0 amide bonds. The van der Waals surface area contributed by atoms with Crippen LogP contribution in [0.4, 0.5) is 5.95 Å². The number of nitrogen functional groups attached to an aromatic ring is 1. The number of imidazole rings is 1. The second kappa shape index (κ2) is 5.35. The average molecular weight is 212 g/mol. The molecule has 0 saturated carbocycles. The second-order valence-corrected chi connectivity index (χ2v) is 3.25. The monoisotopic (exact) mass is 212 g/mol. The van der Waals surface area contributed by atoms with E-state index in [1.165, 1.54) is 7.11 Å². The van der Waals surface area contributed by atoms with Crippen LogP contribution in [-0.2, 0) is 16.1 Å². The van der Waals surface area contributed by atoms with Crippen molar-refractivity contribution in [2.75, 3.05) is 12.8 Å². The lowest BCUT2D eigenvalue weighted by Crippen LogP contribution is -2.31. The zero-order chi connectivity index (χ0) is 11.3. The lowest BCUT2D eigenvalue weighted by molar-refractivity contribution is -0.142. The number of nitrogens with two attached hydrogens (primary N) is 2. The van der Waals surface area contributed by atoms with Gasteiger partial charge in [-0.05, 0) is 12.8 Å². The van der Waals surface area contributed by atoms with Crippen LogP contribution < -0.4 is 11.5 Å². The maximum atomic E-state index is 11.0. The standard InChI is InChI=1S/C9H16N4O2/c1-15-8(14)7(10)3-2-5-13-6-4-12-9(13)11/h4,6-7H,2-3,5,10H2,1H3,(H2,11,12). The minimum Gasteiger partial charge on any atom is -0.468 e. The van der Waals surface area contributed by atoms with Gasteiger partial charge in [0.05, 0.1) is 7.11 Å². The van der Waals surface area contributed by atoms with Crippen molar-refractivity contribution in [1.29, 1.82) is 0 Å². The van der Waals surface area contributed by atoms with Crippen LogP contribution in [0, 0.1) is 0 Å². The van der Waals surface area contributed by atoms with Crippen LogP contribution >= 0.6 is 0 Å². The molecule has 1 atom stereocenters. The first-order valence-corrected chi connectivity index (χ1v) is 4.75. The van der Waals surface area contributed by atoms with Crippen molar-refractivity contribution in [2.24, 2.45) is 5.73 Å². The van der Waals surface area contributed by atoms with E-state index >= 15 is 0 Å². The molecule has 0 bridgehead atoms. The van der Waals surface area contributed by atoms with Crippen LogP contribution in [0.2, 0.25) is 0 Å². The summed E-state index contributed by atoms with van der Waals surface area (Å²) in [6.07, 6.45) is 4.76. The SMILES string of the molecule is COC(=O)C(N)CCCn1ccnc1N. The molecule has 6 heteroatoms.